The highest BCUT2D eigenvalue weighted by atomic mass is 32.2. The number of carboxylic acid groups (broad SMARTS) is 1. The molecule has 8 heteroatoms. The van der Waals surface area contributed by atoms with Crippen LogP contribution in [0, 0.1) is 0 Å². The van der Waals surface area contributed by atoms with E-state index in [1.54, 1.807) is 17.8 Å². The molecule has 0 aliphatic carbocycles. The number of nitrogens with zero attached hydrogens (tertiary/aromatic N) is 3. The molecular weight excluding hydrogens is 310 g/mol. The predicted octanol–water partition coefficient (Wildman–Crippen LogP) is 2.34. The summed E-state index contributed by atoms with van der Waals surface area (Å²) in [4.78, 5) is 23.5. The first kappa shape index (κ1) is 14.6. The van der Waals surface area contributed by atoms with Gasteiger partial charge in [0.1, 0.15) is 15.5 Å². The minimum Gasteiger partial charge on any atom is -0.477 e. The van der Waals surface area contributed by atoms with Gasteiger partial charge in [-0.3, -0.25) is 0 Å². The average Bonchev–Trinajstić information content (AvgIpc) is 2.92. The normalized spacial score (nSPS) is 15.6. The van der Waals surface area contributed by atoms with Crippen LogP contribution in [0.3, 0.4) is 0 Å². The van der Waals surface area contributed by atoms with Crippen LogP contribution in [0.25, 0.3) is 10.2 Å². The zero-order chi connectivity index (χ0) is 14.8. The van der Waals surface area contributed by atoms with Crippen molar-refractivity contribution in [3.8, 4) is 0 Å². The van der Waals surface area contributed by atoms with Gasteiger partial charge in [-0.05, 0) is 11.8 Å². The molecule has 1 N–H and O–H groups in total. The van der Waals surface area contributed by atoms with Gasteiger partial charge in [0.15, 0.2) is 5.16 Å². The molecule has 0 bridgehead atoms. The molecule has 112 valence electrons. The van der Waals surface area contributed by atoms with Gasteiger partial charge in [-0.2, -0.15) is 0 Å². The number of thiophene rings is 1. The number of rotatable bonds is 4. The number of aromatic carboxylic acids is 1. The number of fused-ring (bicyclic) bond motifs is 1. The van der Waals surface area contributed by atoms with Crippen molar-refractivity contribution < 1.29 is 14.6 Å². The van der Waals surface area contributed by atoms with E-state index in [1.807, 2.05) is 6.92 Å². The lowest BCUT2D eigenvalue weighted by Gasteiger charge is -2.28. The van der Waals surface area contributed by atoms with Gasteiger partial charge in [0, 0.05) is 13.1 Å². The third kappa shape index (κ3) is 2.97. The Hall–Kier alpha value is -1.38. The molecule has 3 heterocycles. The molecule has 0 radical (unpaired) electrons. The number of aromatic nitrogens is 2. The molecule has 1 fully saturated rings. The largest absolute Gasteiger partial charge is 0.477 e. The molecule has 0 aromatic carbocycles. The number of carbonyl (C=O) groups is 1. The Bertz CT molecular complexity index is 668. The Kier molecular flexibility index (Phi) is 4.27. The average molecular weight is 325 g/mol. The van der Waals surface area contributed by atoms with Crippen molar-refractivity contribution in [1.29, 1.82) is 0 Å². The fraction of sp³-hybridized carbons (Fsp3) is 0.462. The van der Waals surface area contributed by atoms with Crippen molar-refractivity contribution in [2.24, 2.45) is 0 Å². The summed E-state index contributed by atoms with van der Waals surface area (Å²) >= 11 is 2.77. The van der Waals surface area contributed by atoms with E-state index < -0.39 is 5.97 Å². The van der Waals surface area contributed by atoms with Gasteiger partial charge in [0.25, 0.3) is 0 Å². The van der Waals surface area contributed by atoms with Crippen molar-refractivity contribution in [1.82, 2.24) is 9.97 Å². The molecule has 21 heavy (non-hydrogen) atoms. The molecule has 0 unspecified atom stereocenters. The van der Waals surface area contributed by atoms with Crippen molar-refractivity contribution in [2.75, 3.05) is 37.0 Å². The fourth-order valence-electron chi connectivity index (χ4n) is 2.20. The van der Waals surface area contributed by atoms with E-state index in [0.717, 1.165) is 34.9 Å². The molecule has 1 aliphatic rings. The summed E-state index contributed by atoms with van der Waals surface area (Å²) in [6, 6.07) is 1.67. The van der Waals surface area contributed by atoms with Crippen LogP contribution >= 0.6 is 23.1 Å². The topological polar surface area (TPSA) is 75.6 Å². The number of carboxylic acids is 1. The van der Waals surface area contributed by atoms with Crippen molar-refractivity contribution in [3.05, 3.63) is 10.9 Å². The van der Waals surface area contributed by atoms with Crippen LogP contribution < -0.4 is 4.90 Å². The molecule has 0 atom stereocenters. The number of anilines is 1. The Morgan fingerprint density at radius 1 is 1.48 bits per heavy atom. The molecule has 1 aliphatic heterocycles. The Labute approximate surface area is 130 Å². The molecule has 6 nitrogen and oxygen atoms in total. The zero-order valence-electron chi connectivity index (χ0n) is 11.5. The molecule has 2 aromatic rings. The third-order valence-electron chi connectivity index (χ3n) is 3.15. The SMILES string of the molecule is CCSc1nc(N2CCOCC2)c2cc(C(=O)O)sc2n1. The first-order valence-electron chi connectivity index (χ1n) is 6.69. The number of hydrogen-bond donors (Lipinski definition) is 1. The van der Waals surface area contributed by atoms with E-state index in [1.165, 1.54) is 11.3 Å². The van der Waals surface area contributed by atoms with E-state index in [0.29, 0.717) is 23.2 Å². The summed E-state index contributed by atoms with van der Waals surface area (Å²) in [6.45, 7) is 4.90. The van der Waals surface area contributed by atoms with Crippen molar-refractivity contribution in [3.63, 3.8) is 0 Å². The second kappa shape index (κ2) is 6.17. The van der Waals surface area contributed by atoms with Crippen LogP contribution in [0.5, 0.6) is 0 Å². The van der Waals surface area contributed by atoms with Crippen LogP contribution in [0.2, 0.25) is 0 Å². The molecule has 0 saturated carbocycles. The Balaban J connectivity index is 2.11. The van der Waals surface area contributed by atoms with Gasteiger partial charge in [-0.25, -0.2) is 14.8 Å². The Morgan fingerprint density at radius 2 is 2.24 bits per heavy atom. The van der Waals surface area contributed by atoms with Gasteiger partial charge < -0.3 is 14.7 Å². The standard InChI is InChI=1S/C13H15N3O3S2/c1-2-20-13-14-10(16-3-5-19-6-4-16)8-7-9(12(17)18)21-11(8)15-13/h7H,2-6H2,1H3,(H,17,18). The first-order valence-corrected chi connectivity index (χ1v) is 8.49. The third-order valence-corrected chi connectivity index (χ3v) is 4.89. The fourth-order valence-corrected chi connectivity index (χ4v) is 3.69. The van der Waals surface area contributed by atoms with Crippen LogP contribution in [0.15, 0.2) is 11.2 Å². The highest BCUT2D eigenvalue weighted by molar-refractivity contribution is 7.99. The first-order chi connectivity index (χ1) is 10.2. The van der Waals surface area contributed by atoms with Gasteiger partial charge >= 0.3 is 5.97 Å². The second-order valence-electron chi connectivity index (χ2n) is 4.50. The molecular formula is C13H15N3O3S2. The minimum atomic E-state index is -0.921. The summed E-state index contributed by atoms with van der Waals surface area (Å²) in [5.41, 5.74) is 0. The van der Waals surface area contributed by atoms with E-state index in [4.69, 9.17) is 4.74 Å². The highest BCUT2D eigenvalue weighted by Gasteiger charge is 2.20. The maximum atomic E-state index is 11.2. The minimum absolute atomic E-state index is 0.299. The number of thioether (sulfide) groups is 1. The van der Waals surface area contributed by atoms with Crippen LogP contribution in [-0.2, 0) is 4.74 Å². The van der Waals surface area contributed by atoms with E-state index in [2.05, 4.69) is 14.9 Å². The second-order valence-corrected chi connectivity index (χ2v) is 6.76. The molecule has 3 rings (SSSR count). The lowest BCUT2D eigenvalue weighted by atomic mass is 10.3. The van der Waals surface area contributed by atoms with Crippen LogP contribution in [-0.4, -0.2) is 53.1 Å². The summed E-state index contributed by atoms with van der Waals surface area (Å²) in [6.07, 6.45) is 0. The lowest BCUT2D eigenvalue weighted by molar-refractivity contribution is 0.0702. The van der Waals surface area contributed by atoms with Gasteiger partial charge in [-0.15, -0.1) is 11.3 Å². The molecule has 1 saturated heterocycles. The monoisotopic (exact) mass is 325 g/mol. The number of hydrogen-bond acceptors (Lipinski definition) is 7. The summed E-state index contributed by atoms with van der Waals surface area (Å²) < 4.78 is 5.37. The van der Waals surface area contributed by atoms with E-state index in [-0.39, 0.29) is 0 Å². The maximum Gasteiger partial charge on any atom is 0.345 e. The smallest absolute Gasteiger partial charge is 0.345 e. The quantitative estimate of drug-likeness (QED) is 0.683. The van der Waals surface area contributed by atoms with Crippen LogP contribution in [0.1, 0.15) is 16.6 Å². The predicted molar refractivity (Wildman–Crippen MR) is 83.8 cm³/mol. The molecule has 0 spiro atoms. The van der Waals surface area contributed by atoms with Gasteiger partial charge in [0.05, 0.1) is 18.6 Å². The Morgan fingerprint density at radius 3 is 2.90 bits per heavy atom. The molecule has 2 aromatic heterocycles. The summed E-state index contributed by atoms with van der Waals surface area (Å²) in [5.74, 6) is 0.782. The van der Waals surface area contributed by atoms with Crippen LogP contribution in [0.4, 0.5) is 5.82 Å². The number of morpholine rings is 1. The summed E-state index contributed by atoms with van der Waals surface area (Å²) in [7, 11) is 0. The number of ether oxygens (including phenoxy) is 1. The summed E-state index contributed by atoms with van der Waals surface area (Å²) in [5, 5.41) is 10.7. The lowest BCUT2D eigenvalue weighted by Crippen LogP contribution is -2.37. The van der Waals surface area contributed by atoms with E-state index in [9.17, 15) is 9.90 Å². The van der Waals surface area contributed by atoms with Gasteiger partial charge in [0.2, 0.25) is 0 Å². The van der Waals surface area contributed by atoms with Crippen molar-refractivity contribution in [2.45, 2.75) is 12.1 Å². The molecule has 0 amide bonds. The highest BCUT2D eigenvalue weighted by Crippen LogP contribution is 2.33. The zero-order valence-corrected chi connectivity index (χ0v) is 13.2. The maximum absolute atomic E-state index is 11.2. The van der Waals surface area contributed by atoms with Gasteiger partial charge in [-0.1, -0.05) is 18.7 Å². The van der Waals surface area contributed by atoms with E-state index >= 15 is 0 Å². The van der Waals surface area contributed by atoms with Crippen molar-refractivity contribution >= 4 is 45.1 Å².